The minimum absolute atomic E-state index is 0.203. The Hall–Kier alpha value is -0.340. The third-order valence-electron chi connectivity index (χ3n) is 1.97. The predicted molar refractivity (Wildman–Crippen MR) is 45.0 cm³/mol. The molecule has 0 radical (unpaired) electrons. The molecule has 0 N–H and O–H groups in total. The molecule has 1 aliphatic rings. The van der Waals surface area contributed by atoms with E-state index in [1.165, 1.54) is 0 Å². The van der Waals surface area contributed by atoms with Gasteiger partial charge in [-0.05, 0) is 6.92 Å². The van der Waals surface area contributed by atoms with Crippen LogP contribution in [0.5, 0.6) is 0 Å². The molecule has 1 fully saturated rings. The Kier molecular flexibility index (Phi) is 3.62. The van der Waals surface area contributed by atoms with Crippen molar-refractivity contribution in [2.45, 2.75) is 25.1 Å². The van der Waals surface area contributed by atoms with Crippen LogP contribution in [0.1, 0.15) is 6.92 Å². The number of hydrogen-bond donors (Lipinski definition) is 0. The number of halogens is 3. The van der Waals surface area contributed by atoms with Crippen molar-refractivity contribution in [1.82, 2.24) is 0 Å². The van der Waals surface area contributed by atoms with Gasteiger partial charge in [0.05, 0.1) is 19.3 Å². The number of ether oxygens (including phenoxy) is 2. The van der Waals surface area contributed by atoms with Crippen LogP contribution in [-0.4, -0.2) is 45.5 Å². The van der Waals surface area contributed by atoms with Gasteiger partial charge >= 0.3 is 10.2 Å². The summed E-state index contributed by atoms with van der Waals surface area (Å²) < 4.78 is 67.4. The van der Waals surface area contributed by atoms with Gasteiger partial charge in [0.1, 0.15) is 11.4 Å². The second-order valence-corrected chi connectivity index (χ2v) is 4.98. The molecule has 0 aromatic rings. The van der Waals surface area contributed by atoms with Crippen LogP contribution in [0.3, 0.4) is 0 Å². The average molecular weight is 248 g/mol. The highest BCUT2D eigenvalue weighted by Gasteiger charge is 2.43. The maximum atomic E-state index is 12.5. The van der Waals surface area contributed by atoms with Crippen molar-refractivity contribution in [2.24, 2.45) is 0 Å². The summed E-state index contributed by atoms with van der Waals surface area (Å²) in [5.41, 5.74) is -1.87. The quantitative estimate of drug-likeness (QED) is 0.691. The van der Waals surface area contributed by atoms with Gasteiger partial charge in [-0.2, -0.15) is 8.42 Å². The van der Waals surface area contributed by atoms with Crippen LogP contribution < -0.4 is 0 Å². The highest BCUT2D eigenvalue weighted by molar-refractivity contribution is 7.86. The fraction of sp³-hybridized carbons (Fsp3) is 1.00. The number of alkyl halides is 2. The minimum Gasteiger partial charge on any atom is -0.376 e. The second-order valence-electron chi connectivity index (χ2n) is 3.57. The smallest absolute Gasteiger partial charge is 0.305 e. The molecule has 0 bridgehead atoms. The maximum Gasteiger partial charge on any atom is 0.305 e. The number of rotatable bonds is 3. The zero-order valence-electron chi connectivity index (χ0n) is 7.95. The average Bonchev–Trinajstić information content (AvgIpc) is 2.00. The van der Waals surface area contributed by atoms with Gasteiger partial charge in [0.15, 0.2) is 0 Å². The molecular formula is C7H11F3O4S. The third-order valence-corrected chi connectivity index (χ3v) is 2.74. The van der Waals surface area contributed by atoms with E-state index < -0.39 is 34.1 Å². The van der Waals surface area contributed by atoms with E-state index in [2.05, 4.69) is 0 Å². The molecule has 0 aromatic carbocycles. The van der Waals surface area contributed by atoms with Gasteiger partial charge in [-0.15, -0.1) is 3.89 Å². The first-order valence-electron chi connectivity index (χ1n) is 4.19. The molecule has 1 aliphatic heterocycles. The van der Waals surface area contributed by atoms with E-state index in [1.807, 2.05) is 0 Å². The van der Waals surface area contributed by atoms with Crippen LogP contribution in [0.2, 0.25) is 0 Å². The Labute approximate surface area is 85.6 Å². The molecule has 8 heteroatoms. The highest BCUT2D eigenvalue weighted by Crippen LogP contribution is 2.26. The molecule has 0 saturated carbocycles. The summed E-state index contributed by atoms with van der Waals surface area (Å²) in [6, 6.07) is 0. The lowest BCUT2D eigenvalue weighted by Crippen LogP contribution is -2.51. The predicted octanol–water partition coefficient (Wildman–Crippen LogP) is 0.725. The summed E-state index contributed by atoms with van der Waals surface area (Å²) >= 11 is 0. The summed E-state index contributed by atoms with van der Waals surface area (Å²) in [5.74, 6) is -0.963. The molecule has 1 rings (SSSR count). The normalized spacial score (nSPS) is 33.3. The van der Waals surface area contributed by atoms with Crippen molar-refractivity contribution in [2.75, 3.05) is 19.0 Å². The third kappa shape index (κ3) is 3.62. The summed E-state index contributed by atoms with van der Waals surface area (Å²) in [5, 5.41) is 0. The SMILES string of the molecule is CC1(C(F)F)COCC(CS(=O)(=O)F)O1. The Bertz CT molecular complexity index is 318. The maximum absolute atomic E-state index is 12.5. The van der Waals surface area contributed by atoms with Gasteiger partial charge < -0.3 is 9.47 Å². The second kappa shape index (κ2) is 4.26. The molecule has 4 nitrogen and oxygen atoms in total. The zero-order chi connectivity index (χ0) is 11.7. The molecule has 2 atom stereocenters. The molecule has 1 heterocycles. The van der Waals surface area contributed by atoms with E-state index >= 15 is 0 Å². The molecule has 1 saturated heterocycles. The lowest BCUT2D eigenvalue weighted by atomic mass is 10.1. The van der Waals surface area contributed by atoms with Crippen LogP contribution in [0.15, 0.2) is 0 Å². The summed E-state index contributed by atoms with van der Waals surface area (Å²) in [6.45, 7) is 0.549. The Balaban J connectivity index is 2.64. The monoisotopic (exact) mass is 248 g/mol. The molecule has 0 aromatic heterocycles. The Morgan fingerprint density at radius 1 is 1.53 bits per heavy atom. The largest absolute Gasteiger partial charge is 0.376 e. The van der Waals surface area contributed by atoms with Crippen LogP contribution >= 0.6 is 0 Å². The first kappa shape index (κ1) is 12.7. The van der Waals surface area contributed by atoms with Crippen LogP contribution in [-0.2, 0) is 19.7 Å². The molecule has 0 spiro atoms. The van der Waals surface area contributed by atoms with Crippen molar-refractivity contribution in [3.8, 4) is 0 Å². The van der Waals surface area contributed by atoms with Gasteiger partial charge in [-0.3, -0.25) is 0 Å². The van der Waals surface area contributed by atoms with Gasteiger partial charge in [0, 0.05) is 0 Å². The van der Waals surface area contributed by atoms with E-state index in [9.17, 15) is 21.1 Å². The highest BCUT2D eigenvalue weighted by atomic mass is 32.3. The molecule has 0 amide bonds. The molecule has 2 unspecified atom stereocenters. The lowest BCUT2D eigenvalue weighted by molar-refractivity contribution is -0.231. The topological polar surface area (TPSA) is 52.6 Å². The van der Waals surface area contributed by atoms with Crippen molar-refractivity contribution >= 4 is 10.2 Å². The van der Waals surface area contributed by atoms with Crippen LogP contribution in [0.4, 0.5) is 12.7 Å². The first-order chi connectivity index (χ1) is 6.73. The summed E-state index contributed by atoms with van der Waals surface area (Å²) in [6.07, 6.45) is -4.00. The van der Waals surface area contributed by atoms with Crippen LogP contribution in [0.25, 0.3) is 0 Å². The van der Waals surface area contributed by atoms with E-state index in [0.717, 1.165) is 6.92 Å². The van der Waals surface area contributed by atoms with Gasteiger partial charge in [0.25, 0.3) is 6.43 Å². The summed E-state index contributed by atoms with van der Waals surface area (Å²) in [4.78, 5) is 0. The van der Waals surface area contributed by atoms with Crippen molar-refractivity contribution in [1.29, 1.82) is 0 Å². The Morgan fingerprint density at radius 3 is 2.60 bits per heavy atom. The lowest BCUT2D eigenvalue weighted by Gasteiger charge is -2.37. The minimum atomic E-state index is -4.75. The van der Waals surface area contributed by atoms with E-state index in [0.29, 0.717) is 0 Å². The fourth-order valence-electron chi connectivity index (χ4n) is 1.26. The Morgan fingerprint density at radius 2 is 2.13 bits per heavy atom. The van der Waals surface area contributed by atoms with Crippen LogP contribution in [0, 0.1) is 0 Å². The standard InChI is InChI=1S/C7H11F3O4S/c1-7(6(8)9)4-13-2-5(14-7)3-15(10,11)12/h5-6H,2-4H2,1H3. The fourth-order valence-corrected chi connectivity index (χ4v) is 1.87. The zero-order valence-corrected chi connectivity index (χ0v) is 8.77. The number of hydrogen-bond acceptors (Lipinski definition) is 4. The molecule has 90 valence electrons. The molecule has 0 aliphatic carbocycles. The van der Waals surface area contributed by atoms with Crippen molar-refractivity contribution in [3.63, 3.8) is 0 Å². The van der Waals surface area contributed by atoms with E-state index in [1.54, 1.807) is 0 Å². The van der Waals surface area contributed by atoms with E-state index in [4.69, 9.17) is 9.47 Å². The van der Waals surface area contributed by atoms with Crippen molar-refractivity contribution < 1.29 is 30.6 Å². The molecular weight excluding hydrogens is 237 g/mol. The van der Waals surface area contributed by atoms with Gasteiger partial charge in [-0.25, -0.2) is 8.78 Å². The van der Waals surface area contributed by atoms with E-state index in [-0.39, 0.29) is 13.2 Å². The molecule has 15 heavy (non-hydrogen) atoms. The van der Waals surface area contributed by atoms with Crippen molar-refractivity contribution in [3.05, 3.63) is 0 Å². The summed E-state index contributed by atoms with van der Waals surface area (Å²) in [7, 11) is -4.75. The van der Waals surface area contributed by atoms with Gasteiger partial charge in [0.2, 0.25) is 0 Å². The first-order valence-corrected chi connectivity index (χ1v) is 5.74. The van der Waals surface area contributed by atoms with Gasteiger partial charge in [-0.1, -0.05) is 0 Å².